The molecule has 152 valence electrons. The number of nitrogens with zero attached hydrogens (tertiary/aromatic N) is 5. The maximum atomic E-state index is 14.3. The SMILES string of the molecule is CN1CCC(N(C)C(=O)c2ccc(F)c(COc3cc(N)nc4n[nH]nc34)c2)C1. The number of carbonyl (C=O) groups excluding carboxylic acids is 1. The molecule has 1 aliphatic rings. The van der Waals surface area contributed by atoms with E-state index in [0.717, 1.165) is 19.5 Å². The molecular weight excluding hydrogens is 377 g/mol. The highest BCUT2D eigenvalue weighted by atomic mass is 19.1. The fraction of sp³-hybridized carbons (Fsp3) is 0.368. The summed E-state index contributed by atoms with van der Waals surface area (Å²) < 4.78 is 20.1. The molecule has 1 amide bonds. The Balaban J connectivity index is 1.52. The van der Waals surface area contributed by atoms with Gasteiger partial charge in [-0.3, -0.25) is 4.79 Å². The van der Waals surface area contributed by atoms with Crippen molar-refractivity contribution in [1.29, 1.82) is 0 Å². The molecule has 0 bridgehead atoms. The van der Waals surface area contributed by atoms with E-state index in [2.05, 4.69) is 25.3 Å². The molecule has 29 heavy (non-hydrogen) atoms. The van der Waals surface area contributed by atoms with Gasteiger partial charge in [-0.2, -0.15) is 10.3 Å². The molecule has 3 N–H and O–H groups in total. The number of hydrogen-bond donors (Lipinski definition) is 2. The largest absolute Gasteiger partial charge is 0.486 e. The first kappa shape index (κ1) is 19.1. The molecule has 0 radical (unpaired) electrons. The lowest BCUT2D eigenvalue weighted by Crippen LogP contribution is -2.38. The first-order valence-corrected chi connectivity index (χ1v) is 9.26. The molecule has 3 aromatic rings. The minimum Gasteiger partial charge on any atom is -0.486 e. The number of halogens is 1. The Morgan fingerprint density at radius 3 is 3.00 bits per heavy atom. The van der Waals surface area contributed by atoms with Crippen LogP contribution in [-0.4, -0.2) is 69.3 Å². The van der Waals surface area contributed by atoms with Crippen LogP contribution in [0.1, 0.15) is 22.3 Å². The van der Waals surface area contributed by atoms with E-state index in [1.165, 1.54) is 24.3 Å². The number of benzene rings is 1. The molecule has 3 heterocycles. The van der Waals surface area contributed by atoms with Crippen molar-refractivity contribution < 1.29 is 13.9 Å². The summed E-state index contributed by atoms with van der Waals surface area (Å²) in [6.07, 6.45) is 0.924. The molecule has 1 aliphatic heterocycles. The molecule has 0 aliphatic carbocycles. The van der Waals surface area contributed by atoms with Crippen LogP contribution in [0, 0.1) is 5.82 Å². The number of hydrogen-bond acceptors (Lipinski definition) is 7. The van der Waals surface area contributed by atoms with Crippen LogP contribution in [0.15, 0.2) is 24.3 Å². The molecule has 1 fully saturated rings. The van der Waals surface area contributed by atoms with Crippen molar-refractivity contribution in [2.24, 2.45) is 0 Å². The predicted octanol–water partition coefficient (Wildman–Crippen LogP) is 1.43. The molecule has 1 unspecified atom stereocenters. The molecule has 1 saturated heterocycles. The molecule has 0 saturated carbocycles. The Kier molecular flexibility index (Phi) is 5.01. The second-order valence-corrected chi connectivity index (χ2v) is 7.26. The molecule has 10 heteroatoms. The summed E-state index contributed by atoms with van der Waals surface area (Å²) in [5, 5.41) is 10.3. The molecule has 0 spiro atoms. The maximum Gasteiger partial charge on any atom is 0.253 e. The number of amides is 1. The Labute approximate surface area is 166 Å². The third kappa shape index (κ3) is 3.83. The number of rotatable bonds is 5. The zero-order valence-electron chi connectivity index (χ0n) is 16.2. The number of carbonyl (C=O) groups is 1. The Hall–Kier alpha value is -3.27. The molecule has 4 rings (SSSR count). The van der Waals surface area contributed by atoms with Crippen molar-refractivity contribution in [3.8, 4) is 5.75 Å². The fourth-order valence-corrected chi connectivity index (χ4v) is 3.51. The molecule has 9 nitrogen and oxygen atoms in total. The average Bonchev–Trinajstić information content (AvgIpc) is 3.34. The highest BCUT2D eigenvalue weighted by Gasteiger charge is 2.27. The average molecular weight is 399 g/mol. The van der Waals surface area contributed by atoms with E-state index >= 15 is 0 Å². The number of aromatic nitrogens is 4. The standard InChI is InChI=1S/C19H22FN7O2/c1-26-6-5-13(9-26)27(2)19(28)11-3-4-14(20)12(7-11)10-29-15-8-16(21)22-18-17(15)23-25-24-18/h3-4,7-8,13H,5-6,9-10H2,1-2H3,(H3,21,22,23,24,25). The van der Waals surface area contributed by atoms with Gasteiger partial charge in [0.1, 0.15) is 18.2 Å². The molecule has 2 aromatic heterocycles. The predicted molar refractivity (Wildman–Crippen MR) is 105 cm³/mol. The van der Waals surface area contributed by atoms with E-state index in [0.29, 0.717) is 22.5 Å². The number of nitrogens with two attached hydrogens (primary N) is 1. The van der Waals surface area contributed by atoms with Gasteiger partial charge in [-0.05, 0) is 38.2 Å². The van der Waals surface area contributed by atoms with Crippen LogP contribution in [0.2, 0.25) is 0 Å². The summed E-state index contributed by atoms with van der Waals surface area (Å²) in [5.74, 6) is -0.0423. The van der Waals surface area contributed by atoms with Gasteiger partial charge in [-0.25, -0.2) is 9.37 Å². The third-order valence-electron chi connectivity index (χ3n) is 5.19. The van der Waals surface area contributed by atoms with Gasteiger partial charge in [-0.15, -0.1) is 5.10 Å². The van der Waals surface area contributed by atoms with Crippen LogP contribution < -0.4 is 10.5 Å². The van der Waals surface area contributed by atoms with Crippen molar-refractivity contribution in [2.75, 3.05) is 32.9 Å². The number of nitrogens with one attached hydrogen (secondary N) is 1. The van der Waals surface area contributed by atoms with E-state index in [1.807, 2.05) is 7.05 Å². The molecule has 1 atom stereocenters. The van der Waals surface area contributed by atoms with E-state index < -0.39 is 5.82 Å². The number of anilines is 1. The van der Waals surface area contributed by atoms with Gasteiger partial charge in [0.15, 0.2) is 11.3 Å². The topological polar surface area (TPSA) is 113 Å². The Morgan fingerprint density at radius 2 is 2.24 bits per heavy atom. The van der Waals surface area contributed by atoms with Crippen molar-refractivity contribution in [3.05, 3.63) is 41.2 Å². The smallest absolute Gasteiger partial charge is 0.253 e. The van der Waals surface area contributed by atoms with Crippen molar-refractivity contribution in [2.45, 2.75) is 19.1 Å². The number of fused-ring (bicyclic) bond motifs is 1. The lowest BCUT2D eigenvalue weighted by molar-refractivity contribution is 0.0737. The Bertz CT molecular complexity index is 1050. The number of aromatic amines is 1. The summed E-state index contributed by atoms with van der Waals surface area (Å²) in [4.78, 5) is 20.8. The van der Waals surface area contributed by atoms with Crippen LogP contribution in [0.4, 0.5) is 10.2 Å². The summed E-state index contributed by atoms with van der Waals surface area (Å²) in [7, 11) is 3.82. The Morgan fingerprint density at radius 1 is 1.41 bits per heavy atom. The lowest BCUT2D eigenvalue weighted by Gasteiger charge is -2.24. The van der Waals surface area contributed by atoms with E-state index in [4.69, 9.17) is 10.5 Å². The van der Waals surface area contributed by atoms with Gasteiger partial charge in [0.05, 0.1) is 0 Å². The van der Waals surface area contributed by atoms with Crippen molar-refractivity contribution in [3.63, 3.8) is 0 Å². The van der Waals surface area contributed by atoms with Gasteiger partial charge < -0.3 is 20.3 Å². The first-order chi connectivity index (χ1) is 13.9. The fourth-order valence-electron chi connectivity index (χ4n) is 3.51. The highest BCUT2D eigenvalue weighted by molar-refractivity contribution is 5.94. The number of likely N-dealkylation sites (tertiary alicyclic amines) is 1. The summed E-state index contributed by atoms with van der Waals surface area (Å²) in [6, 6.07) is 5.96. The normalized spacial score (nSPS) is 17.0. The number of ether oxygens (including phenoxy) is 1. The minimum atomic E-state index is -0.455. The number of pyridine rings is 1. The zero-order valence-corrected chi connectivity index (χ0v) is 16.2. The maximum absolute atomic E-state index is 14.3. The van der Waals surface area contributed by atoms with Crippen molar-refractivity contribution >= 4 is 22.9 Å². The molecular formula is C19H22FN7O2. The first-order valence-electron chi connectivity index (χ1n) is 9.26. The van der Waals surface area contributed by atoms with Crippen molar-refractivity contribution in [1.82, 2.24) is 30.2 Å². The van der Waals surface area contributed by atoms with Gasteiger partial charge in [0, 0.05) is 36.8 Å². The van der Waals surface area contributed by atoms with Gasteiger partial charge in [0.25, 0.3) is 5.91 Å². The van der Waals surface area contributed by atoms with Gasteiger partial charge in [-0.1, -0.05) is 0 Å². The molecule has 1 aromatic carbocycles. The van der Waals surface area contributed by atoms with Gasteiger partial charge in [0.2, 0.25) is 5.65 Å². The second kappa shape index (κ2) is 7.63. The summed E-state index contributed by atoms with van der Waals surface area (Å²) in [6.45, 7) is 1.70. The van der Waals surface area contributed by atoms with E-state index in [-0.39, 0.29) is 29.9 Å². The number of likely N-dealkylation sites (N-methyl/N-ethyl adjacent to an activating group) is 2. The quantitative estimate of drug-likeness (QED) is 0.667. The van der Waals surface area contributed by atoms with Crippen LogP contribution in [-0.2, 0) is 6.61 Å². The van der Waals surface area contributed by atoms with Crippen LogP contribution in [0.3, 0.4) is 0 Å². The highest BCUT2D eigenvalue weighted by Crippen LogP contribution is 2.25. The number of nitrogen functional groups attached to an aromatic ring is 1. The minimum absolute atomic E-state index is 0.0890. The summed E-state index contributed by atoms with van der Waals surface area (Å²) >= 11 is 0. The number of H-pyrrole nitrogens is 1. The van der Waals surface area contributed by atoms with Crippen LogP contribution >= 0.6 is 0 Å². The second-order valence-electron chi connectivity index (χ2n) is 7.26. The third-order valence-corrected chi connectivity index (χ3v) is 5.19. The summed E-state index contributed by atoms with van der Waals surface area (Å²) in [5.41, 5.74) is 7.14. The van der Waals surface area contributed by atoms with E-state index in [9.17, 15) is 9.18 Å². The monoisotopic (exact) mass is 399 g/mol. The lowest BCUT2D eigenvalue weighted by atomic mass is 10.1. The van der Waals surface area contributed by atoms with E-state index in [1.54, 1.807) is 11.9 Å². The van der Waals surface area contributed by atoms with Gasteiger partial charge >= 0.3 is 0 Å². The van der Waals surface area contributed by atoms with Crippen LogP contribution in [0.25, 0.3) is 11.2 Å². The van der Waals surface area contributed by atoms with Crippen LogP contribution in [0.5, 0.6) is 5.75 Å². The zero-order chi connectivity index (χ0) is 20.5.